The Balaban J connectivity index is 0.000000137. The third-order valence-electron chi connectivity index (χ3n) is 25.8. The summed E-state index contributed by atoms with van der Waals surface area (Å²) in [5.74, 6) is 0. The first-order valence-electron chi connectivity index (χ1n) is 40.4. The molecule has 0 amide bonds. The van der Waals surface area contributed by atoms with E-state index < -0.39 is 10.8 Å². The largest absolute Gasteiger partial charge is 0.455 e. The normalized spacial score (nSPS) is 15.3. The zero-order chi connectivity index (χ0) is 76.8. The summed E-state index contributed by atoms with van der Waals surface area (Å²) in [5, 5.41) is 2.30. The second-order valence-electron chi connectivity index (χ2n) is 32.0. The van der Waals surface area contributed by atoms with E-state index in [1.54, 1.807) is 0 Å². The van der Waals surface area contributed by atoms with Gasteiger partial charge in [-0.2, -0.15) is 0 Å². The minimum absolute atomic E-state index is 0.150. The van der Waals surface area contributed by atoms with E-state index in [1.807, 2.05) is 0 Å². The summed E-state index contributed by atoms with van der Waals surface area (Å²) in [6, 6.07) is 156. The van der Waals surface area contributed by atoms with Crippen molar-refractivity contribution in [3.63, 3.8) is 0 Å². The third-order valence-corrected chi connectivity index (χ3v) is 25.8. The Kier molecular flexibility index (Phi) is 15.2. The lowest BCUT2D eigenvalue weighted by Crippen LogP contribution is -2.26. The Morgan fingerprint density at radius 2 is 0.578 bits per heavy atom. The second-order valence-corrected chi connectivity index (χ2v) is 32.0. The van der Waals surface area contributed by atoms with Crippen LogP contribution >= 0.6 is 0 Å². The number of para-hydroxylation sites is 2. The van der Waals surface area contributed by atoms with Gasteiger partial charge in [-0.05, 0) is 217 Å². The number of nitrogens with zero attached hydrogens (tertiary/aromatic N) is 2. The van der Waals surface area contributed by atoms with Gasteiger partial charge < -0.3 is 14.2 Å². The average molecular weight is 1480 g/mol. The fourth-order valence-electron chi connectivity index (χ4n) is 20.9. The molecule has 0 radical (unpaired) electrons. The standard InChI is InChI=1S/C58H41N.C55H35NO/c1-57(2)49-25-13-9-23-45(49)47-35-36-52-55(56(47)57)48-24-11-15-27-51(48)58(52)50-26-14-10-22-44(50)46-34-33-42(37-53(46)58)59(41-31-29-39(30-32-41)38-17-5-3-6-18-38)54-28-16-12-21-43(54)40-19-7-4-8-20-40;1-3-14-36(15-4-1)38-26-28-40(29-27-38)56(41-19-13-18-39(34-41)37-16-5-2-6-17-37)42-30-31-44-43-20-7-10-23-48(43)55(51(44)35-42)49-24-11-8-22-47(49)53-50(55)33-32-46-45-21-9-12-25-52(45)57-54(46)53/h3-37H,1-2H3;1-35H. The molecule has 2 unspecified atom stereocenters. The first kappa shape index (κ1) is 67.1. The predicted molar refractivity (Wildman–Crippen MR) is 481 cm³/mol. The maximum Gasteiger partial charge on any atom is 0.143 e. The lowest BCUT2D eigenvalue weighted by molar-refractivity contribution is 0.660. The van der Waals surface area contributed by atoms with Crippen molar-refractivity contribution >= 4 is 56.1 Å². The van der Waals surface area contributed by atoms with E-state index >= 15 is 0 Å². The molecule has 18 aromatic carbocycles. The van der Waals surface area contributed by atoms with Gasteiger partial charge in [0.2, 0.25) is 0 Å². The summed E-state index contributed by atoms with van der Waals surface area (Å²) in [6.45, 7) is 4.84. The van der Waals surface area contributed by atoms with Gasteiger partial charge in [-0.25, -0.2) is 0 Å². The van der Waals surface area contributed by atoms with Crippen LogP contribution in [0.15, 0.2) is 429 Å². The topological polar surface area (TPSA) is 19.6 Å². The van der Waals surface area contributed by atoms with E-state index in [4.69, 9.17) is 4.42 Å². The summed E-state index contributed by atoms with van der Waals surface area (Å²) in [6.07, 6.45) is 0. The number of rotatable bonds is 10. The van der Waals surface area contributed by atoms with Crippen LogP contribution in [0.25, 0.3) is 122 Å². The Morgan fingerprint density at radius 3 is 1.15 bits per heavy atom. The van der Waals surface area contributed by atoms with Gasteiger partial charge in [0, 0.05) is 55.8 Å². The first-order valence-corrected chi connectivity index (χ1v) is 40.4. The maximum atomic E-state index is 6.79. The Labute approximate surface area is 676 Å². The molecule has 0 saturated carbocycles. The molecule has 544 valence electrons. The Bertz CT molecular complexity index is 7160. The highest BCUT2D eigenvalue weighted by Gasteiger charge is 2.56. The molecule has 2 spiro atoms. The zero-order valence-electron chi connectivity index (χ0n) is 64.2. The monoisotopic (exact) mass is 1480 g/mol. The van der Waals surface area contributed by atoms with Crippen LogP contribution in [-0.2, 0) is 16.2 Å². The number of benzene rings is 18. The molecule has 0 saturated heterocycles. The molecule has 1 heterocycles. The second kappa shape index (κ2) is 26.2. The Hall–Kier alpha value is -14.6. The van der Waals surface area contributed by atoms with Gasteiger partial charge in [0.1, 0.15) is 11.2 Å². The Morgan fingerprint density at radius 1 is 0.207 bits per heavy atom. The van der Waals surface area contributed by atoms with E-state index in [-0.39, 0.29) is 5.41 Å². The summed E-state index contributed by atoms with van der Waals surface area (Å²) < 4.78 is 6.79. The van der Waals surface area contributed by atoms with Crippen LogP contribution < -0.4 is 9.80 Å². The molecule has 3 nitrogen and oxygen atoms in total. The molecule has 5 aliphatic carbocycles. The van der Waals surface area contributed by atoms with Crippen molar-refractivity contribution in [2.75, 3.05) is 9.80 Å². The molecular weight excluding hydrogens is 1400 g/mol. The van der Waals surface area contributed by atoms with Crippen LogP contribution in [0.5, 0.6) is 0 Å². The summed E-state index contributed by atoms with van der Waals surface area (Å²) in [5.41, 5.74) is 43.4. The molecule has 19 aromatic rings. The number of anilines is 6. The van der Waals surface area contributed by atoms with Gasteiger partial charge in [-0.1, -0.05) is 366 Å². The maximum absolute atomic E-state index is 6.79. The van der Waals surface area contributed by atoms with Crippen molar-refractivity contribution < 1.29 is 4.42 Å². The van der Waals surface area contributed by atoms with E-state index in [1.165, 1.54) is 156 Å². The number of furan rings is 1. The van der Waals surface area contributed by atoms with Gasteiger partial charge in [0.25, 0.3) is 0 Å². The van der Waals surface area contributed by atoms with Gasteiger partial charge in [0.05, 0.1) is 16.5 Å². The molecule has 116 heavy (non-hydrogen) atoms. The molecule has 0 bridgehead atoms. The fraction of sp³-hybridized carbons (Fsp3) is 0.0442. The molecule has 0 N–H and O–H groups in total. The quantitative estimate of drug-likeness (QED) is 0.136. The molecule has 3 heteroatoms. The molecule has 5 aliphatic rings. The summed E-state index contributed by atoms with van der Waals surface area (Å²) in [7, 11) is 0. The van der Waals surface area contributed by atoms with Crippen LogP contribution in [0.4, 0.5) is 34.1 Å². The van der Waals surface area contributed by atoms with Gasteiger partial charge in [-0.3, -0.25) is 0 Å². The minimum Gasteiger partial charge on any atom is -0.455 e. The van der Waals surface area contributed by atoms with E-state index in [9.17, 15) is 0 Å². The summed E-state index contributed by atoms with van der Waals surface area (Å²) in [4.78, 5) is 4.89. The van der Waals surface area contributed by atoms with Crippen molar-refractivity contribution in [1.82, 2.24) is 0 Å². The van der Waals surface area contributed by atoms with Gasteiger partial charge in [-0.15, -0.1) is 0 Å². The molecule has 24 rings (SSSR count). The summed E-state index contributed by atoms with van der Waals surface area (Å²) >= 11 is 0. The highest BCUT2D eigenvalue weighted by atomic mass is 16.3. The van der Waals surface area contributed by atoms with E-state index in [0.29, 0.717) is 0 Å². The highest BCUT2D eigenvalue weighted by molar-refractivity contribution is 6.13. The van der Waals surface area contributed by atoms with Crippen LogP contribution in [-0.4, -0.2) is 0 Å². The minimum atomic E-state index is -0.532. The van der Waals surface area contributed by atoms with Crippen LogP contribution in [0.3, 0.4) is 0 Å². The molecular formula is C113H76N2O. The van der Waals surface area contributed by atoms with Gasteiger partial charge >= 0.3 is 0 Å². The fourth-order valence-corrected chi connectivity index (χ4v) is 20.9. The lowest BCUT2D eigenvalue weighted by atomic mass is 9.69. The van der Waals surface area contributed by atoms with Gasteiger partial charge in [0.15, 0.2) is 0 Å². The van der Waals surface area contributed by atoms with Crippen molar-refractivity contribution in [2.24, 2.45) is 0 Å². The van der Waals surface area contributed by atoms with E-state index in [0.717, 1.165) is 56.1 Å². The molecule has 0 fully saturated rings. The zero-order valence-corrected chi connectivity index (χ0v) is 64.2. The van der Waals surface area contributed by atoms with E-state index in [2.05, 4.69) is 448 Å². The highest BCUT2D eigenvalue weighted by Crippen LogP contribution is 2.68. The third kappa shape index (κ3) is 9.85. The average Bonchev–Trinajstić information content (AvgIpc) is 1.51. The lowest BCUT2D eigenvalue weighted by Gasteiger charge is -2.33. The first-order chi connectivity index (χ1) is 57.3. The van der Waals surface area contributed by atoms with Crippen molar-refractivity contribution in [2.45, 2.75) is 30.1 Å². The molecule has 1 aromatic heterocycles. The van der Waals surface area contributed by atoms with Crippen LogP contribution in [0.1, 0.15) is 69.5 Å². The van der Waals surface area contributed by atoms with Crippen LogP contribution in [0.2, 0.25) is 0 Å². The number of hydrogen-bond acceptors (Lipinski definition) is 3. The van der Waals surface area contributed by atoms with Crippen molar-refractivity contribution in [1.29, 1.82) is 0 Å². The van der Waals surface area contributed by atoms with Crippen molar-refractivity contribution in [3.8, 4) is 100 Å². The molecule has 2 atom stereocenters. The molecule has 0 aliphatic heterocycles. The number of fused-ring (bicyclic) bond motifs is 28. The van der Waals surface area contributed by atoms with Crippen LogP contribution in [0, 0.1) is 0 Å². The van der Waals surface area contributed by atoms with Crippen molar-refractivity contribution in [3.05, 3.63) is 480 Å². The number of hydrogen-bond donors (Lipinski definition) is 0. The predicted octanol–water partition coefficient (Wildman–Crippen LogP) is 29.9. The SMILES string of the molecule is CC1(C)c2ccccc2-c2ccc3c(c21)-c1ccccc1C31c2ccccc2-c2ccc(N(c3ccc(-c4ccccc4)cc3)c3ccccc3-c3ccccc3)cc21.c1ccc(-c2ccc(N(c3cccc(-c4ccccc4)c3)c3ccc4c(c3)C3(c5ccccc5-4)c4ccccc4-c4c3ccc3c4oc4ccccc43)cc2)cc1. The smallest absolute Gasteiger partial charge is 0.143 e.